The van der Waals surface area contributed by atoms with Crippen molar-refractivity contribution in [2.75, 3.05) is 6.61 Å². The highest BCUT2D eigenvalue weighted by Crippen LogP contribution is 2.43. The fourth-order valence-electron chi connectivity index (χ4n) is 3.20. The van der Waals surface area contributed by atoms with Gasteiger partial charge in [-0.15, -0.1) is 0 Å². The van der Waals surface area contributed by atoms with Crippen molar-refractivity contribution in [2.24, 2.45) is 5.41 Å². The summed E-state index contributed by atoms with van der Waals surface area (Å²) in [6, 6.07) is 4.98. The van der Waals surface area contributed by atoms with E-state index in [4.69, 9.17) is 9.94 Å². The normalized spacial score (nSPS) is 21.3. The second-order valence-electron chi connectivity index (χ2n) is 6.77. The van der Waals surface area contributed by atoms with Gasteiger partial charge in [-0.05, 0) is 31.9 Å². The predicted octanol–water partition coefficient (Wildman–Crippen LogP) is 2.22. The first kappa shape index (κ1) is 18.6. The number of amides is 2. The minimum atomic E-state index is -0.580. The molecule has 0 aromatic heterocycles. The van der Waals surface area contributed by atoms with Crippen LogP contribution >= 0.6 is 13.5 Å². The van der Waals surface area contributed by atoms with Gasteiger partial charge in [0.1, 0.15) is 12.4 Å². The molecule has 0 unspecified atom stereocenters. The van der Waals surface area contributed by atoms with E-state index in [0.717, 1.165) is 24.8 Å². The van der Waals surface area contributed by atoms with E-state index in [0.29, 0.717) is 24.5 Å². The third kappa shape index (κ3) is 3.23. The Morgan fingerprint density at radius 2 is 2.08 bits per heavy atom. The van der Waals surface area contributed by atoms with Gasteiger partial charge >= 0.3 is 0 Å². The Morgan fingerprint density at radius 1 is 1.38 bits per heavy atom. The Balaban J connectivity index is 0.00000208. The van der Waals surface area contributed by atoms with Crippen LogP contribution in [-0.4, -0.2) is 34.6 Å². The van der Waals surface area contributed by atoms with Gasteiger partial charge < -0.3 is 9.64 Å². The second kappa shape index (κ2) is 7.03. The predicted molar refractivity (Wildman–Crippen MR) is 93.5 cm³/mol. The average Bonchev–Trinajstić information content (AvgIpc) is 2.70. The molecule has 0 bridgehead atoms. The molecular formula is C17H24N2O4S. The second-order valence-corrected chi connectivity index (χ2v) is 6.77. The molecule has 1 fully saturated rings. The smallest absolute Gasteiger partial charge is 0.274 e. The fraction of sp³-hybridized carbons (Fsp3) is 0.529. The maximum absolute atomic E-state index is 12.9. The van der Waals surface area contributed by atoms with E-state index in [2.05, 4.69) is 0 Å². The lowest BCUT2D eigenvalue weighted by molar-refractivity contribution is -0.149. The number of nitrogens with zero attached hydrogens (tertiary/aromatic N) is 1. The molecule has 1 saturated carbocycles. The van der Waals surface area contributed by atoms with Crippen LogP contribution in [0.25, 0.3) is 0 Å². The number of benzene rings is 1. The van der Waals surface area contributed by atoms with E-state index in [9.17, 15) is 9.59 Å². The Kier molecular flexibility index (Phi) is 5.45. The van der Waals surface area contributed by atoms with Gasteiger partial charge in [-0.2, -0.15) is 13.5 Å². The number of hydroxylamine groups is 1. The van der Waals surface area contributed by atoms with Crippen LogP contribution in [0.4, 0.5) is 0 Å². The molecule has 1 aliphatic carbocycles. The number of carbonyl (C=O) groups is 2. The van der Waals surface area contributed by atoms with Crippen molar-refractivity contribution in [2.45, 2.75) is 45.7 Å². The summed E-state index contributed by atoms with van der Waals surface area (Å²) in [4.78, 5) is 26.3. The van der Waals surface area contributed by atoms with Crippen LogP contribution in [0.1, 0.15) is 49.0 Å². The lowest BCUT2D eigenvalue weighted by Crippen LogP contribution is -2.49. The van der Waals surface area contributed by atoms with Crippen molar-refractivity contribution < 1.29 is 19.5 Å². The minimum absolute atomic E-state index is 0. The van der Waals surface area contributed by atoms with Crippen LogP contribution in [0, 0.1) is 5.41 Å². The van der Waals surface area contributed by atoms with Gasteiger partial charge in [-0.1, -0.05) is 19.4 Å². The van der Waals surface area contributed by atoms with Gasteiger partial charge in [-0.3, -0.25) is 14.8 Å². The molecule has 2 aliphatic rings. The number of nitrogens with one attached hydrogen (secondary N) is 1. The molecule has 132 valence electrons. The molecule has 0 radical (unpaired) electrons. The summed E-state index contributed by atoms with van der Waals surface area (Å²) in [5.41, 5.74) is 2.57. The molecule has 1 heterocycles. The van der Waals surface area contributed by atoms with E-state index in [1.165, 1.54) is 0 Å². The molecule has 1 aromatic carbocycles. The zero-order valence-electron chi connectivity index (χ0n) is 14.0. The van der Waals surface area contributed by atoms with Crippen LogP contribution in [0.2, 0.25) is 0 Å². The SMILES string of the molecule is C[C@H]1COc2cc(C(=O)NO)ccc2CN1C(=O)C1(C)CCC1.S. The van der Waals surface area contributed by atoms with E-state index in [1.54, 1.807) is 23.7 Å². The Hall–Kier alpha value is -1.73. The first-order chi connectivity index (χ1) is 10.9. The lowest BCUT2D eigenvalue weighted by Gasteiger charge is -2.42. The molecule has 2 amide bonds. The van der Waals surface area contributed by atoms with Gasteiger partial charge in [0.05, 0.1) is 6.04 Å². The Morgan fingerprint density at radius 3 is 2.67 bits per heavy atom. The van der Waals surface area contributed by atoms with Crippen molar-refractivity contribution in [3.63, 3.8) is 0 Å². The highest BCUT2D eigenvalue weighted by molar-refractivity contribution is 7.59. The third-order valence-electron chi connectivity index (χ3n) is 5.02. The number of rotatable bonds is 2. The molecule has 1 aromatic rings. The molecule has 24 heavy (non-hydrogen) atoms. The van der Waals surface area contributed by atoms with Gasteiger partial charge in [0.15, 0.2) is 0 Å². The topological polar surface area (TPSA) is 78.9 Å². The maximum Gasteiger partial charge on any atom is 0.274 e. The van der Waals surface area contributed by atoms with Crippen LogP contribution in [-0.2, 0) is 11.3 Å². The van der Waals surface area contributed by atoms with Crippen molar-refractivity contribution in [1.29, 1.82) is 0 Å². The van der Waals surface area contributed by atoms with Crippen molar-refractivity contribution in [3.05, 3.63) is 29.3 Å². The van der Waals surface area contributed by atoms with E-state index in [1.807, 2.05) is 18.7 Å². The zero-order valence-corrected chi connectivity index (χ0v) is 15.0. The zero-order chi connectivity index (χ0) is 16.6. The van der Waals surface area contributed by atoms with E-state index in [-0.39, 0.29) is 30.9 Å². The van der Waals surface area contributed by atoms with Gasteiger partial charge in [0, 0.05) is 23.1 Å². The fourth-order valence-corrected chi connectivity index (χ4v) is 3.20. The number of hydrogen-bond acceptors (Lipinski definition) is 4. The van der Waals surface area contributed by atoms with Crippen LogP contribution in [0.3, 0.4) is 0 Å². The van der Waals surface area contributed by atoms with Crippen LogP contribution in [0.5, 0.6) is 5.75 Å². The molecule has 0 saturated heterocycles. The van der Waals surface area contributed by atoms with Crippen molar-refractivity contribution in [1.82, 2.24) is 10.4 Å². The molecule has 1 atom stereocenters. The van der Waals surface area contributed by atoms with Crippen molar-refractivity contribution in [3.8, 4) is 5.75 Å². The number of fused-ring (bicyclic) bond motifs is 1. The summed E-state index contributed by atoms with van der Waals surface area (Å²) in [6.07, 6.45) is 2.99. The van der Waals surface area contributed by atoms with Gasteiger partial charge in [0.25, 0.3) is 5.91 Å². The molecular weight excluding hydrogens is 328 g/mol. The van der Waals surface area contributed by atoms with Gasteiger partial charge in [-0.25, -0.2) is 5.48 Å². The van der Waals surface area contributed by atoms with Gasteiger partial charge in [0.2, 0.25) is 5.91 Å². The number of carbonyl (C=O) groups excluding carboxylic acids is 2. The summed E-state index contributed by atoms with van der Waals surface area (Å²) in [5, 5.41) is 8.73. The summed E-state index contributed by atoms with van der Waals surface area (Å²) in [5.74, 6) is 0.195. The highest BCUT2D eigenvalue weighted by atomic mass is 32.1. The molecule has 0 spiro atoms. The highest BCUT2D eigenvalue weighted by Gasteiger charge is 2.43. The molecule has 1 aliphatic heterocycles. The minimum Gasteiger partial charge on any atom is -0.491 e. The molecule has 7 heteroatoms. The standard InChI is InChI=1S/C17H22N2O4.H2S/c1-11-10-23-14-8-12(15(20)18-22)4-5-13(14)9-19(11)16(21)17(2)6-3-7-17;/h4-5,8,11,22H,3,6-7,9-10H2,1-2H3,(H,18,20);1H2/t11-;/m0./s1. The molecule has 3 rings (SSSR count). The maximum atomic E-state index is 12.9. The van der Waals surface area contributed by atoms with Crippen molar-refractivity contribution >= 4 is 25.3 Å². The summed E-state index contributed by atoms with van der Waals surface area (Å²) < 4.78 is 5.79. The number of hydrogen-bond donors (Lipinski definition) is 2. The molecule has 2 N–H and O–H groups in total. The first-order valence-electron chi connectivity index (χ1n) is 7.96. The summed E-state index contributed by atoms with van der Waals surface area (Å²) >= 11 is 0. The Bertz CT molecular complexity index is 645. The van der Waals surface area contributed by atoms with Crippen LogP contribution < -0.4 is 10.2 Å². The summed E-state index contributed by atoms with van der Waals surface area (Å²) in [7, 11) is 0. The summed E-state index contributed by atoms with van der Waals surface area (Å²) in [6.45, 7) is 4.88. The van der Waals surface area contributed by atoms with E-state index < -0.39 is 5.91 Å². The monoisotopic (exact) mass is 352 g/mol. The quantitative estimate of drug-likeness (QED) is 0.632. The number of ether oxygens (including phenoxy) is 1. The Labute approximate surface area is 148 Å². The third-order valence-corrected chi connectivity index (χ3v) is 5.02. The average molecular weight is 352 g/mol. The first-order valence-corrected chi connectivity index (χ1v) is 7.96. The largest absolute Gasteiger partial charge is 0.491 e. The van der Waals surface area contributed by atoms with Crippen LogP contribution in [0.15, 0.2) is 18.2 Å². The van der Waals surface area contributed by atoms with E-state index >= 15 is 0 Å². The lowest BCUT2D eigenvalue weighted by atomic mass is 9.69. The molecule has 6 nitrogen and oxygen atoms in total.